The summed E-state index contributed by atoms with van der Waals surface area (Å²) >= 11 is 0. The number of nitrogens with one attached hydrogen (secondary N) is 1. The Morgan fingerprint density at radius 1 is 1.33 bits per heavy atom. The van der Waals surface area contributed by atoms with Gasteiger partial charge in [0.15, 0.2) is 0 Å². The van der Waals surface area contributed by atoms with E-state index in [0.717, 1.165) is 0 Å². The van der Waals surface area contributed by atoms with Crippen LogP contribution in [0.15, 0.2) is 0 Å². The molecule has 0 aliphatic rings. The molecule has 0 aromatic carbocycles. The van der Waals surface area contributed by atoms with Crippen LogP contribution in [-0.2, 0) is 21.1 Å². The normalized spacial score (nSPS) is 2.00. The average molecular weight is 276 g/mol. The fraction of sp³-hybridized carbons (Fsp3) is 0. The molecule has 0 fully saturated rings. The van der Waals surface area contributed by atoms with E-state index in [2.05, 4.69) is 0 Å². The summed E-state index contributed by atoms with van der Waals surface area (Å²) in [6.07, 6.45) is 0. The predicted octanol–water partition coefficient (Wildman–Crippen LogP) is -1.35. The van der Waals surface area contributed by atoms with E-state index in [-0.39, 0.29) is 38.7 Å². The van der Waals surface area contributed by atoms with Gasteiger partial charge in [0.05, 0.1) is 0 Å². The zero-order chi connectivity index (χ0) is 2.71. The second kappa shape index (κ2) is 79.1. The molecule has 0 aliphatic carbocycles. The molecular weight excluding hydrogens is 269 g/mol. The van der Waals surface area contributed by atoms with Crippen LogP contribution in [0.1, 0.15) is 0 Å². The summed E-state index contributed by atoms with van der Waals surface area (Å²) in [7, 11) is 0. The third-order valence-corrected chi connectivity index (χ3v) is 0. The molecule has 0 spiro atoms. The Hall–Kier alpha value is 0.00831. The molecule has 0 aromatic heterocycles. The quantitative estimate of drug-likeness (QED) is 0.374. The first-order chi connectivity index (χ1) is 1.41. The van der Waals surface area contributed by atoms with Gasteiger partial charge in [0.2, 0.25) is 0 Å². The Morgan fingerprint density at radius 3 is 1.33 bits per heavy atom. The molecule has 0 rings (SSSR count). The Bertz CT molecular complexity index is 16.3. The minimum Gasteiger partial charge on any atom is -0.344 e. The minimum absolute atomic E-state index is 0. The van der Waals surface area contributed by atoms with E-state index in [9.17, 15) is 0 Å². The molecule has 6 heavy (non-hydrogen) atoms. The van der Waals surface area contributed by atoms with Crippen molar-refractivity contribution < 1.29 is 26.4 Å². The third-order valence-electron chi connectivity index (χ3n) is 0. The minimum atomic E-state index is 0. The summed E-state index contributed by atoms with van der Waals surface area (Å²) in [4.78, 5) is 8.12. The molecule has 0 heterocycles. The van der Waals surface area contributed by atoms with Crippen LogP contribution in [-0.4, -0.2) is 0 Å². The molecule has 44 valence electrons. The van der Waals surface area contributed by atoms with Crippen molar-refractivity contribution >= 4 is 0 Å². The summed E-state index contributed by atoms with van der Waals surface area (Å²) < 4.78 is 0. The van der Waals surface area contributed by atoms with Gasteiger partial charge in [-0.1, -0.05) is 0 Å². The van der Waals surface area contributed by atoms with Gasteiger partial charge in [0, 0.05) is 26.4 Å². The summed E-state index contributed by atoms with van der Waals surface area (Å²) in [6, 6.07) is 0. The van der Waals surface area contributed by atoms with Crippen LogP contribution in [0.2, 0.25) is 0 Å². The second-order valence-corrected chi connectivity index (χ2v) is 0.0833. The van der Waals surface area contributed by atoms with Gasteiger partial charge in [-0.2, -0.15) is 0 Å². The van der Waals surface area contributed by atoms with Crippen molar-refractivity contribution in [2.45, 2.75) is 0 Å². The molecule has 0 aliphatic heterocycles. The summed E-state index contributed by atoms with van der Waals surface area (Å²) in [5, 5.41) is 8.38. The molecule has 0 saturated heterocycles. The van der Waals surface area contributed by atoms with Crippen LogP contribution >= 0.6 is 0 Å². The summed E-state index contributed by atoms with van der Waals surface area (Å²) in [5.74, 6) is 0. The standard InChI is InChI=1S/HNO2.2H3N.Pt/c2-1-3;;;/h1H;2*1H3;. The van der Waals surface area contributed by atoms with Crippen LogP contribution in [0.3, 0.4) is 0 Å². The first-order valence-corrected chi connectivity index (χ1v) is 0.408. The van der Waals surface area contributed by atoms with Crippen LogP contribution in [0.25, 0.3) is 0 Å². The maximum atomic E-state index is 8.12. The van der Waals surface area contributed by atoms with E-state index in [1.807, 2.05) is 0 Å². The van der Waals surface area contributed by atoms with Crippen molar-refractivity contribution in [3.05, 3.63) is 10.1 Å². The Labute approximate surface area is 49.5 Å². The smallest absolute Gasteiger partial charge is 0.00366 e. The SMILES string of the molecule is N.N.O=[NH+][O-].[Pt]. The topological polar surface area (TPSA) is 124 Å². The van der Waals surface area contributed by atoms with Gasteiger partial charge in [-0.05, 0) is 0 Å². The van der Waals surface area contributed by atoms with Gasteiger partial charge in [0.1, 0.15) is 0 Å². The number of hydrogen-bond acceptors (Lipinski definition) is 4. The first-order valence-electron chi connectivity index (χ1n) is 0.408. The third kappa shape index (κ3) is 525000. The van der Waals surface area contributed by atoms with Crippen molar-refractivity contribution in [3.8, 4) is 0 Å². The Morgan fingerprint density at radius 2 is 1.33 bits per heavy atom. The first kappa shape index (κ1) is 37.4. The molecule has 5 nitrogen and oxygen atoms in total. The Balaban J connectivity index is -0.00000000667. The molecule has 0 atom stereocenters. The van der Waals surface area contributed by atoms with E-state index in [1.165, 1.54) is 0 Å². The van der Waals surface area contributed by atoms with Crippen LogP contribution in [0.5, 0.6) is 0 Å². The van der Waals surface area contributed by atoms with Crippen molar-refractivity contribution in [3.63, 3.8) is 0 Å². The van der Waals surface area contributed by atoms with Crippen molar-refractivity contribution in [1.29, 1.82) is 0 Å². The number of rotatable bonds is 0. The van der Waals surface area contributed by atoms with Crippen molar-refractivity contribution in [2.75, 3.05) is 0 Å². The fourth-order valence-electron chi connectivity index (χ4n) is 0. The van der Waals surface area contributed by atoms with Gasteiger partial charge in [-0.15, -0.1) is 0 Å². The van der Waals surface area contributed by atoms with Crippen LogP contribution < -0.4 is 17.6 Å². The van der Waals surface area contributed by atoms with Crippen LogP contribution in [0, 0.1) is 10.1 Å². The monoisotopic (exact) mass is 276 g/mol. The van der Waals surface area contributed by atoms with Crippen molar-refractivity contribution in [1.82, 2.24) is 12.3 Å². The maximum Gasteiger partial charge on any atom is 0.00366 e. The van der Waals surface area contributed by atoms with Gasteiger partial charge < -0.3 is 12.3 Å². The Kier molecular flexibility index (Phi) is 493. The fourth-order valence-corrected chi connectivity index (χ4v) is 0. The molecule has 6 heteroatoms. The molecule has 0 radical (unpaired) electrons. The van der Waals surface area contributed by atoms with Gasteiger partial charge in [0.25, 0.3) is 0 Å². The molecular formula is H7N3O2Pt. The molecule has 0 saturated carbocycles. The number of hydrogen-bond donors (Lipinski definition) is 3. The predicted molar refractivity (Wildman–Crippen MR) is 17.7 cm³/mol. The zero-order valence-electron chi connectivity index (χ0n) is 3.05. The summed E-state index contributed by atoms with van der Waals surface area (Å²) in [6.45, 7) is 0. The molecule has 0 bridgehead atoms. The van der Waals surface area contributed by atoms with E-state index in [1.54, 1.807) is 0 Å². The largest absolute Gasteiger partial charge is 0.344 e. The van der Waals surface area contributed by atoms with Crippen molar-refractivity contribution in [2.24, 2.45) is 0 Å². The zero-order valence-corrected chi connectivity index (χ0v) is 5.32. The maximum absolute atomic E-state index is 8.12. The average Bonchev–Trinajstić information content (AvgIpc) is 0.918. The van der Waals surface area contributed by atoms with E-state index >= 15 is 0 Å². The van der Waals surface area contributed by atoms with Gasteiger partial charge >= 0.3 is 0 Å². The van der Waals surface area contributed by atoms with Crippen LogP contribution in [0.4, 0.5) is 0 Å². The molecule has 0 aromatic rings. The molecule has 7 N–H and O–H groups in total. The van der Waals surface area contributed by atoms with Gasteiger partial charge in [-0.3, -0.25) is 10.1 Å². The van der Waals surface area contributed by atoms with Gasteiger partial charge in [-0.25, -0.2) is 0 Å². The summed E-state index contributed by atoms with van der Waals surface area (Å²) in [5.41, 5.74) is 0. The van der Waals surface area contributed by atoms with E-state index in [0.29, 0.717) is 0 Å². The second-order valence-electron chi connectivity index (χ2n) is 0.0833. The molecule has 0 unspecified atom stereocenters. The van der Waals surface area contributed by atoms with E-state index < -0.39 is 0 Å². The molecule has 0 amide bonds. The van der Waals surface area contributed by atoms with E-state index in [4.69, 9.17) is 10.1 Å².